The van der Waals surface area contributed by atoms with Crippen molar-refractivity contribution in [3.8, 4) is 5.75 Å². The van der Waals surface area contributed by atoms with Crippen LogP contribution in [0.2, 0.25) is 0 Å². The first-order valence-corrected chi connectivity index (χ1v) is 10.5. The largest absolute Gasteiger partial charge is 0.508 e. The molecule has 4 amide bonds. The number of amides is 4. The highest BCUT2D eigenvalue weighted by Crippen LogP contribution is 2.20. The Morgan fingerprint density at radius 1 is 1.15 bits per heavy atom. The van der Waals surface area contributed by atoms with Crippen LogP contribution in [0.3, 0.4) is 0 Å². The van der Waals surface area contributed by atoms with Gasteiger partial charge in [-0.05, 0) is 43.9 Å². The Bertz CT molecular complexity index is 905. The summed E-state index contributed by atoms with van der Waals surface area (Å²) < 4.78 is 0. The molecule has 4 unspecified atom stereocenters. The van der Waals surface area contributed by atoms with Gasteiger partial charge in [-0.25, -0.2) is 0 Å². The summed E-state index contributed by atoms with van der Waals surface area (Å²) in [4.78, 5) is 62.0. The average molecular weight is 463 g/mol. The number of likely N-dealkylation sites (tertiary alicyclic amines) is 1. The van der Waals surface area contributed by atoms with Crippen LogP contribution in [0.4, 0.5) is 0 Å². The third-order valence-electron chi connectivity index (χ3n) is 5.32. The fourth-order valence-electron chi connectivity index (χ4n) is 3.53. The highest BCUT2D eigenvalue weighted by atomic mass is 16.4. The van der Waals surface area contributed by atoms with Gasteiger partial charge in [0.05, 0.1) is 12.5 Å². The molecule has 1 aliphatic rings. The van der Waals surface area contributed by atoms with Gasteiger partial charge in [-0.1, -0.05) is 12.1 Å². The van der Waals surface area contributed by atoms with Crippen molar-refractivity contribution in [1.82, 2.24) is 15.5 Å². The first kappa shape index (κ1) is 25.6. The zero-order valence-corrected chi connectivity index (χ0v) is 18.2. The molecule has 1 aromatic carbocycles. The van der Waals surface area contributed by atoms with Crippen LogP contribution in [0.15, 0.2) is 24.3 Å². The maximum atomic E-state index is 13.1. The van der Waals surface area contributed by atoms with Crippen LogP contribution < -0.4 is 22.1 Å². The number of nitrogens with zero attached hydrogens (tertiary/aromatic N) is 1. The molecular formula is C21H29N5O7. The molecule has 1 fully saturated rings. The van der Waals surface area contributed by atoms with Crippen molar-refractivity contribution < 1.29 is 34.2 Å². The number of primary amides is 1. The summed E-state index contributed by atoms with van der Waals surface area (Å²) >= 11 is 0. The minimum absolute atomic E-state index is 0.0610. The molecule has 0 aliphatic carbocycles. The second-order valence-electron chi connectivity index (χ2n) is 7.97. The summed E-state index contributed by atoms with van der Waals surface area (Å²) in [6.07, 6.45) is 0.419. The van der Waals surface area contributed by atoms with E-state index in [9.17, 15) is 29.1 Å². The Morgan fingerprint density at radius 3 is 2.36 bits per heavy atom. The third kappa shape index (κ3) is 7.17. The van der Waals surface area contributed by atoms with Crippen LogP contribution >= 0.6 is 0 Å². The van der Waals surface area contributed by atoms with Crippen molar-refractivity contribution in [2.24, 2.45) is 11.5 Å². The van der Waals surface area contributed by atoms with E-state index in [0.29, 0.717) is 18.4 Å². The third-order valence-corrected chi connectivity index (χ3v) is 5.32. The number of carbonyl (C=O) groups excluding carboxylic acids is 4. The molecule has 1 heterocycles. The van der Waals surface area contributed by atoms with Gasteiger partial charge >= 0.3 is 5.97 Å². The second-order valence-corrected chi connectivity index (χ2v) is 7.97. The Labute approximate surface area is 190 Å². The number of carboxylic acid groups (broad SMARTS) is 1. The van der Waals surface area contributed by atoms with Crippen LogP contribution in [-0.2, 0) is 30.4 Å². The van der Waals surface area contributed by atoms with E-state index < -0.39 is 60.2 Å². The zero-order valence-electron chi connectivity index (χ0n) is 18.2. The summed E-state index contributed by atoms with van der Waals surface area (Å²) in [6, 6.07) is 1.64. The van der Waals surface area contributed by atoms with E-state index in [1.165, 1.54) is 24.0 Å². The minimum Gasteiger partial charge on any atom is -0.508 e. The van der Waals surface area contributed by atoms with E-state index in [1.807, 2.05) is 0 Å². The van der Waals surface area contributed by atoms with Gasteiger partial charge in [0.15, 0.2) is 0 Å². The molecule has 0 bridgehead atoms. The number of hydrogen-bond acceptors (Lipinski definition) is 7. The summed E-state index contributed by atoms with van der Waals surface area (Å²) in [5, 5.41) is 23.1. The minimum atomic E-state index is -1.33. The van der Waals surface area contributed by atoms with E-state index >= 15 is 0 Å². The molecule has 12 nitrogen and oxygen atoms in total. The van der Waals surface area contributed by atoms with Gasteiger partial charge in [0.2, 0.25) is 23.6 Å². The van der Waals surface area contributed by atoms with Crippen molar-refractivity contribution >= 4 is 29.6 Å². The van der Waals surface area contributed by atoms with Gasteiger partial charge in [0.1, 0.15) is 23.9 Å². The fraction of sp³-hybridized carbons (Fsp3) is 0.476. The second kappa shape index (κ2) is 11.3. The maximum absolute atomic E-state index is 13.1. The molecule has 0 radical (unpaired) electrons. The van der Waals surface area contributed by atoms with Gasteiger partial charge in [0, 0.05) is 6.54 Å². The number of nitrogens with one attached hydrogen (secondary N) is 2. The van der Waals surface area contributed by atoms with Crippen LogP contribution in [0.25, 0.3) is 0 Å². The first-order chi connectivity index (χ1) is 15.5. The fourth-order valence-corrected chi connectivity index (χ4v) is 3.53. The number of rotatable bonds is 10. The smallest absolute Gasteiger partial charge is 0.325 e. The van der Waals surface area contributed by atoms with E-state index in [-0.39, 0.29) is 18.7 Å². The van der Waals surface area contributed by atoms with Crippen molar-refractivity contribution in [3.63, 3.8) is 0 Å². The number of aromatic hydroxyl groups is 1. The van der Waals surface area contributed by atoms with Crippen LogP contribution in [0.1, 0.15) is 31.7 Å². The molecular weight excluding hydrogens is 434 g/mol. The van der Waals surface area contributed by atoms with Crippen molar-refractivity contribution in [2.45, 2.75) is 56.8 Å². The lowest BCUT2D eigenvalue weighted by molar-refractivity contribution is -0.145. The Morgan fingerprint density at radius 2 is 1.79 bits per heavy atom. The van der Waals surface area contributed by atoms with Crippen LogP contribution in [0.5, 0.6) is 5.75 Å². The standard InChI is InChI=1S/C21H29N5O7/c1-11(21(32)33)24-19(30)16-3-2-8-26(16)20(31)15(10-17(23)28)25-18(29)14(22)9-12-4-6-13(27)7-5-12/h4-7,11,14-16,27H,2-3,8-10,22H2,1H3,(H2,23,28)(H,24,30)(H,25,29)(H,32,33). The predicted octanol–water partition coefficient (Wildman–Crippen LogP) is -1.80. The Kier molecular flexibility index (Phi) is 8.74. The average Bonchev–Trinajstić information content (AvgIpc) is 3.23. The number of phenolic OH excluding ortho intramolecular Hbond substituents is 1. The molecule has 4 atom stereocenters. The van der Waals surface area contributed by atoms with Crippen molar-refractivity contribution in [2.75, 3.05) is 6.54 Å². The van der Waals surface area contributed by atoms with E-state index in [4.69, 9.17) is 16.6 Å². The summed E-state index contributed by atoms with van der Waals surface area (Å²) in [7, 11) is 0. The van der Waals surface area contributed by atoms with Gasteiger partial charge in [-0.15, -0.1) is 0 Å². The lowest BCUT2D eigenvalue weighted by atomic mass is 10.0. The number of hydrogen-bond donors (Lipinski definition) is 6. The number of phenols is 1. The molecule has 2 rings (SSSR count). The number of carbonyl (C=O) groups is 5. The maximum Gasteiger partial charge on any atom is 0.325 e. The molecule has 1 aromatic rings. The van der Waals surface area contributed by atoms with Crippen molar-refractivity contribution in [3.05, 3.63) is 29.8 Å². The van der Waals surface area contributed by atoms with E-state index in [0.717, 1.165) is 0 Å². The van der Waals surface area contributed by atoms with Gasteiger partial charge in [-0.3, -0.25) is 24.0 Å². The molecule has 180 valence electrons. The zero-order chi connectivity index (χ0) is 24.7. The predicted molar refractivity (Wildman–Crippen MR) is 116 cm³/mol. The van der Waals surface area contributed by atoms with Crippen LogP contribution in [0, 0.1) is 0 Å². The quantitative estimate of drug-likeness (QED) is 0.233. The Balaban J connectivity index is 2.09. The van der Waals surface area contributed by atoms with Gasteiger partial charge in [-0.2, -0.15) is 0 Å². The van der Waals surface area contributed by atoms with Gasteiger partial charge in [0.25, 0.3) is 0 Å². The number of aliphatic carboxylic acids is 1. The molecule has 1 aliphatic heterocycles. The molecule has 33 heavy (non-hydrogen) atoms. The lowest BCUT2D eigenvalue weighted by Gasteiger charge is -2.29. The number of benzene rings is 1. The summed E-state index contributed by atoms with van der Waals surface area (Å²) in [5.74, 6) is -4.00. The first-order valence-electron chi connectivity index (χ1n) is 10.5. The molecule has 8 N–H and O–H groups in total. The van der Waals surface area contributed by atoms with Gasteiger partial charge < -0.3 is 37.2 Å². The molecule has 0 aromatic heterocycles. The summed E-state index contributed by atoms with van der Waals surface area (Å²) in [5.41, 5.74) is 11.9. The van der Waals surface area contributed by atoms with Crippen LogP contribution in [-0.4, -0.2) is 75.4 Å². The summed E-state index contributed by atoms with van der Waals surface area (Å²) in [6.45, 7) is 1.50. The molecule has 0 saturated carbocycles. The lowest BCUT2D eigenvalue weighted by Crippen LogP contribution is -2.57. The molecule has 12 heteroatoms. The van der Waals surface area contributed by atoms with E-state index in [2.05, 4.69) is 10.6 Å². The SMILES string of the molecule is CC(NC(=O)C1CCCN1C(=O)C(CC(N)=O)NC(=O)C(N)Cc1ccc(O)cc1)C(=O)O. The highest BCUT2D eigenvalue weighted by molar-refractivity contribution is 5.96. The highest BCUT2D eigenvalue weighted by Gasteiger charge is 2.39. The molecule has 0 spiro atoms. The normalized spacial score (nSPS) is 18.1. The number of nitrogens with two attached hydrogens (primary N) is 2. The Hall–Kier alpha value is -3.67. The van der Waals surface area contributed by atoms with E-state index in [1.54, 1.807) is 12.1 Å². The molecule has 1 saturated heterocycles. The monoisotopic (exact) mass is 463 g/mol. The topological polar surface area (TPSA) is 205 Å². The van der Waals surface area contributed by atoms with Crippen molar-refractivity contribution in [1.29, 1.82) is 0 Å². The number of carboxylic acids is 1.